The second-order valence-electron chi connectivity index (χ2n) is 2.68. The fourth-order valence-electron chi connectivity index (χ4n) is 0.965. The molecule has 56 valence electrons. The summed E-state index contributed by atoms with van der Waals surface area (Å²) in [6, 6.07) is 0. The molecule has 0 aromatic carbocycles. The average Bonchev–Trinajstić information content (AvgIpc) is 2.31. The molecule has 1 aliphatic heterocycles. The minimum atomic E-state index is 1.01. The van der Waals surface area contributed by atoms with E-state index in [1.165, 1.54) is 12.8 Å². The first-order valence-electron chi connectivity index (χ1n) is 3.80. The molecule has 0 bridgehead atoms. The Balaban J connectivity index is 2.38. The van der Waals surface area contributed by atoms with Crippen molar-refractivity contribution in [2.75, 3.05) is 13.7 Å². The molecule has 1 heterocycles. The number of rotatable bonds is 2. The molecule has 0 amide bonds. The minimum Gasteiger partial charge on any atom is -0.321 e. The van der Waals surface area contributed by atoms with Crippen LogP contribution in [0.15, 0.2) is 12.4 Å². The van der Waals surface area contributed by atoms with Crippen molar-refractivity contribution in [3.8, 4) is 0 Å². The molecule has 0 radical (unpaired) electrons. The normalized spacial score (nSPS) is 21.0. The zero-order valence-corrected chi connectivity index (χ0v) is 6.75. The van der Waals surface area contributed by atoms with Gasteiger partial charge < -0.3 is 4.90 Å². The van der Waals surface area contributed by atoms with Gasteiger partial charge in [-0.05, 0) is 6.42 Å². The van der Waals surface area contributed by atoms with Crippen LogP contribution in [0.5, 0.6) is 0 Å². The van der Waals surface area contributed by atoms with Gasteiger partial charge >= 0.3 is 0 Å². The van der Waals surface area contributed by atoms with Crippen molar-refractivity contribution in [1.82, 2.24) is 4.90 Å². The zero-order chi connectivity index (χ0) is 7.40. The van der Waals surface area contributed by atoms with E-state index >= 15 is 0 Å². The summed E-state index contributed by atoms with van der Waals surface area (Å²) in [7, 11) is 2.08. The van der Waals surface area contributed by atoms with Gasteiger partial charge in [0.05, 0.1) is 6.20 Å². The maximum Gasteiger partial charge on any atom is 0.223 e. The lowest BCUT2D eigenvalue weighted by atomic mass is 10.4. The van der Waals surface area contributed by atoms with E-state index in [-0.39, 0.29) is 0 Å². The lowest BCUT2D eigenvalue weighted by Gasteiger charge is -1.98. The molecule has 0 atom stereocenters. The zero-order valence-electron chi connectivity index (χ0n) is 6.75. The molecule has 2 heteroatoms. The molecule has 1 aliphatic rings. The Hall–Kier alpha value is -0.790. The van der Waals surface area contributed by atoms with Crippen LogP contribution < -0.4 is 0 Å². The lowest BCUT2D eigenvalue weighted by Crippen LogP contribution is -2.14. The Kier molecular flexibility index (Phi) is 2.49. The van der Waals surface area contributed by atoms with Gasteiger partial charge in [0, 0.05) is 13.5 Å². The summed E-state index contributed by atoms with van der Waals surface area (Å²) in [5.41, 5.74) is 0. The van der Waals surface area contributed by atoms with E-state index in [1.807, 2.05) is 0 Å². The Morgan fingerprint density at radius 1 is 1.70 bits per heavy atom. The molecule has 0 N–H and O–H groups in total. The van der Waals surface area contributed by atoms with E-state index < -0.39 is 0 Å². The smallest absolute Gasteiger partial charge is 0.223 e. The summed E-state index contributed by atoms with van der Waals surface area (Å²) in [5.74, 6) is 0. The lowest BCUT2D eigenvalue weighted by molar-refractivity contribution is -0.459. The van der Waals surface area contributed by atoms with E-state index in [9.17, 15) is 0 Å². The molecule has 10 heavy (non-hydrogen) atoms. The predicted octanol–water partition coefficient (Wildman–Crippen LogP) is 1.24. The van der Waals surface area contributed by atoms with Crippen LogP contribution in [0.3, 0.4) is 0 Å². The first-order chi connectivity index (χ1) is 4.83. The molecule has 0 spiro atoms. The van der Waals surface area contributed by atoms with Crippen molar-refractivity contribution < 1.29 is 4.58 Å². The molecule has 0 unspecified atom stereocenters. The van der Waals surface area contributed by atoms with Crippen LogP contribution in [-0.2, 0) is 0 Å². The topological polar surface area (TPSA) is 6.25 Å². The molecule has 0 fully saturated rings. The summed E-state index contributed by atoms with van der Waals surface area (Å²) in [6.07, 6.45) is 8.84. The van der Waals surface area contributed by atoms with Gasteiger partial charge in [0.25, 0.3) is 0 Å². The molecule has 0 saturated heterocycles. The first kappa shape index (κ1) is 7.32. The summed E-state index contributed by atoms with van der Waals surface area (Å²) >= 11 is 0. The fraction of sp³-hybridized carbons (Fsp3) is 0.625. The van der Waals surface area contributed by atoms with Gasteiger partial charge in [-0.2, -0.15) is 4.58 Å². The standard InChI is InChI=1S/C8H15N2/c1-3-4-5-10-7-6-9(2)8-10/h5-7H,3-4,8H2,1-2H3/q+1. The molecule has 1 rings (SSSR count). The number of hydrogen-bond acceptors (Lipinski definition) is 1. The quantitative estimate of drug-likeness (QED) is 0.522. The highest BCUT2D eigenvalue weighted by Gasteiger charge is 2.08. The minimum absolute atomic E-state index is 1.01. The predicted molar refractivity (Wildman–Crippen MR) is 43.0 cm³/mol. The Bertz CT molecular complexity index is 159. The van der Waals surface area contributed by atoms with Crippen LogP contribution >= 0.6 is 0 Å². The maximum absolute atomic E-state index is 2.24. The van der Waals surface area contributed by atoms with E-state index in [2.05, 4.69) is 42.1 Å². The van der Waals surface area contributed by atoms with Crippen molar-refractivity contribution in [1.29, 1.82) is 0 Å². The van der Waals surface area contributed by atoms with E-state index in [4.69, 9.17) is 0 Å². The highest BCUT2D eigenvalue weighted by atomic mass is 15.3. The molecule has 0 aliphatic carbocycles. The maximum atomic E-state index is 2.24. The van der Waals surface area contributed by atoms with Gasteiger partial charge in [-0.25, -0.2) is 0 Å². The first-order valence-corrected chi connectivity index (χ1v) is 3.80. The van der Waals surface area contributed by atoms with Gasteiger partial charge in [-0.1, -0.05) is 6.92 Å². The number of unbranched alkanes of at least 4 members (excludes halogenated alkanes) is 1. The van der Waals surface area contributed by atoms with Crippen LogP contribution in [0, 0.1) is 0 Å². The molecule has 2 nitrogen and oxygen atoms in total. The van der Waals surface area contributed by atoms with Crippen molar-refractivity contribution in [3.05, 3.63) is 12.4 Å². The SMILES string of the molecule is CCCC=[N+]1C=CN(C)C1. The fourth-order valence-corrected chi connectivity index (χ4v) is 0.965. The Morgan fingerprint density at radius 3 is 3.00 bits per heavy atom. The average molecular weight is 139 g/mol. The van der Waals surface area contributed by atoms with E-state index in [1.54, 1.807) is 0 Å². The largest absolute Gasteiger partial charge is 0.321 e. The highest BCUT2D eigenvalue weighted by molar-refractivity contribution is 5.51. The van der Waals surface area contributed by atoms with Crippen LogP contribution in [0.1, 0.15) is 19.8 Å². The van der Waals surface area contributed by atoms with Crippen LogP contribution in [-0.4, -0.2) is 29.4 Å². The van der Waals surface area contributed by atoms with E-state index in [0.29, 0.717) is 0 Å². The molecular weight excluding hydrogens is 124 g/mol. The Labute approximate surface area is 62.5 Å². The highest BCUT2D eigenvalue weighted by Crippen LogP contribution is 1.96. The molecule has 0 aromatic heterocycles. The number of nitrogens with zero attached hydrogens (tertiary/aromatic N) is 2. The summed E-state index contributed by atoms with van der Waals surface area (Å²) in [5, 5.41) is 0. The molecule has 0 aromatic rings. The van der Waals surface area contributed by atoms with E-state index in [0.717, 1.165) is 6.67 Å². The van der Waals surface area contributed by atoms with Gasteiger partial charge in [0.15, 0.2) is 6.20 Å². The second kappa shape index (κ2) is 3.40. The van der Waals surface area contributed by atoms with Crippen LogP contribution in [0.2, 0.25) is 0 Å². The Morgan fingerprint density at radius 2 is 2.50 bits per heavy atom. The summed E-state index contributed by atoms with van der Waals surface area (Å²) in [6.45, 7) is 3.21. The van der Waals surface area contributed by atoms with Gasteiger partial charge in [0.1, 0.15) is 6.21 Å². The van der Waals surface area contributed by atoms with Crippen LogP contribution in [0.25, 0.3) is 0 Å². The third-order valence-electron chi connectivity index (χ3n) is 1.55. The molecule has 0 saturated carbocycles. The third kappa shape index (κ3) is 1.87. The van der Waals surface area contributed by atoms with Gasteiger partial charge in [-0.15, -0.1) is 0 Å². The monoisotopic (exact) mass is 139 g/mol. The van der Waals surface area contributed by atoms with Crippen LogP contribution in [0.4, 0.5) is 0 Å². The summed E-state index contributed by atoms with van der Waals surface area (Å²) in [4.78, 5) is 2.16. The third-order valence-corrected chi connectivity index (χ3v) is 1.55. The second-order valence-corrected chi connectivity index (χ2v) is 2.68. The summed E-state index contributed by atoms with van der Waals surface area (Å²) < 4.78 is 2.21. The van der Waals surface area contributed by atoms with Crippen molar-refractivity contribution in [3.63, 3.8) is 0 Å². The van der Waals surface area contributed by atoms with Gasteiger partial charge in [-0.3, -0.25) is 0 Å². The van der Waals surface area contributed by atoms with Crippen molar-refractivity contribution in [2.24, 2.45) is 0 Å². The molecular formula is C8H15N2+. The van der Waals surface area contributed by atoms with Crippen molar-refractivity contribution in [2.45, 2.75) is 19.8 Å². The van der Waals surface area contributed by atoms with Gasteiger partial charge in [0.2, 0.25) is 6.67 Å². The number of hydrogen-bond donors (Lipinski definition) is 0. The van der Waals surface area contributed by atoms with Crippen molar-refractivity contribution >= 4 is 6.21 Å².